The second kappa shape index (κ2) is 5.55. The number of rotatable bonds is 2. The molecule has 18 heavy (non-hydrogen) atoms. The first-order valence-electron chi connectivity index (χ1n) is 6.82. The first kappa shape index (κ1) is 12.4. The standard InChI is InChI=1S/C13H21N3OS/c1-11-9-14-13(18-11)16-4-2-3-12(10-16)15-5-7-17-8-6-15/h9,12H,2-8,10H2,1H3. The summed E-state index contributed by atoms with van der Waals surface area (Å²) in [7, 11) is 0. The second-order valence-electron chi connectivity index (χ2n) is 5.14. The van der Waals surface area contributed by atoms with Crippen molar-refractivity contribution >= 4 is 16.5 Å². The molecule has 1 aromatic heterocycles. The third-order valence-electron chi connectivity index (χ3n) is 3.84. The summed E-state index contributed by atoms with van der Waals surface area (Å²) in [5.41, 5.74) is 0. The third kappa shape index (κ3) is 2.68. The lowest BCUT2D eigenvalue weighted by Gasteiger charge is -2.40. The van der Waals surface area contributed by atoms with Gasteiger partial charge in [0, 0.05) is 43.3 Å². The Balaban J connectivity index is 1.64. The maximum atomic E-state index is 5.44. The van der Waals surface area contributed by atoms with Crippen molar-refractivity contribution in [3.05, 3.63) is 11.1 Å². The zero-order valence-electron chi connectivity index (χ0n) is 11.0. The fraction of sp³-hybridized carbons (Fsp3) is 0.769. The van der Waals surface area contributed by atoms with Gasteiger partial charge < -0.3 is 9.64 Å². The van der Waals surface area contributed by atoms with E-state index in [1.54, 1.807) is 0 Å². The number of anilines is 1. The van der Waals surface area contributed by atoms with Crippen LogP contribution in [-0.2, 0) is 4.74 Å². The highest BCUT2D eigenvalue weighted by atomic mass is 32.1. The average Bonchev–Trinajstić information content (AvgIpc) is 2.87. The molecule has 4 nitrogen and oxygen atoms in total. The lowest BCUT2D eigenvalue weighted by molar-refractivity contribution is 0.0137. The van der Waals surface area contributed by atoms with Crippen molar-refractivity contribution in [3.8, 4) is 0 Å². The van der Waals surface area contributed by atoms with Crippen LogP contribution in [-0.4, -0.2) is 55.3 Å². The van der Waals surface area contributed by atoms with Crippen LogP contribution in [0.5, 0.6) is 0 Å². The maximum absolute atomic E-state index is 5.44. The smallest absolute Gasteiger partial charge is 0.185 e. The van der Waals surface area contributed by atoms with E-state index >= 15 is 0 Å². The van der Waals surface area contributed by atoms with Gasteiger partial charge in [-0.25, -0.2) is 4.98 Å². The van der Waals surface area contributed by atoms with Gasteiger partial charge in [-0.3, -0.25) is 4.90 Å². The molecule has 1 unspecified atom stereocenters. The lowest BCUT2D eigenvalue weighted by atomic mass is 10.0. The van der Waals surface area contributed by atoms with E-state index in [-0.39, 0.29) is 0 Å². The van der Waals surface area contributed by atoms with E-state index < -0.39 is 0 Å². The van der Waals surface area contributed by atoms with Crippen LogP contribution in [0, 0.1) is 6.92 Å². The van der Waals surface area contributed by atoms with Crippen molar-refractivity contribution < 1.29 is 4.74 Å². The molecule has 0 N–H and O–H groups in total. The van der Waals surface area contributed by atoms with Crippen molar-refractivity contribution in [1.82, 2.24) is 9.88 Å². The predicted octanol–water partition coefficient (Wildman–Crippen LogP) is 1.75. The Morgan fingerprint density at radius 1 is 1.33 bits per heavy atom. The number of hydrogen-bond acceptors (Lipinski definition) is 5. The molecule has 0 bridgehead atoms. The summed E-state index contributed by atoms with van der Waals surface area (Å²) < 4.78 is 5.44. The summed E-state index contributed by atoms with van der Waals surface area (Å²) in [5, 5.41) is 1.20. The SMILES string of the molecule is Cc1cnc(N2CCCC(N3CCOCC3)C2)s1. The largest absolute Gasteiger partial charge is 0.379 e. The van der Waals surface area contributed by atoms with Crippen LogP contribution in [0.3, 0.4) is 0 Å². The molecular weight excluding hydrogens is 246 g/mol. The third-order valence-corrected chi connectivity index (χ3v) is 4.81. The first-order chi connectivity index (χ1) is 8.83. The molecule has 1 aromatic rings. The Bertz CT molecular complexity index is 389. The number of morpholine rings is 1. The van der Waals surface area contributed by atoms with E-state index in [9.17, 15) is 0 Å². The summed E-state index contributed by atoms with van der Waals surface area (Å²) in [6, 6.07) is 0.687. The average molecular weight is 267 g/mol. The van der Waals surface area contributed by atoms with Gasteiger partial charge in [0.1, 0.15) is 0 Å². The highest BCUT2D eigenvalue weighted by molar-refractivity contribution is 7.15. The summed E-state index contributed by atoms with van der Waals surface area (Å²) in [4.78, 5) is 10.9. The van der Waals surface area contributed by atoms with E-state index in [0.29, 0.717) is 6.04 Å². The van der Waals surface area contributed by atoms with Crippen LogP contribution < -0.4 is 4.90 Å². The van der Waals surface area contributed by atoms with E-state index in [1.165, 1.54) is 22.9 Å². The molecule has 0 aromatic carbocycles. The summed E-state index contributed by atoms with van der Waals surface area (Å²) in [6.45, 7) is 8.40. The molecule has 0 amide bonds. The van der Waals surface area contributed by atoms with E-state index in [2.05, 4.69) is 21.7 Å². The molecule has 3 heterocycles. The molecular formula is C13H21N3OS. The number of thiazole rings is 1. The molecule has 0 spiro atoms. The normalized spacial score (nSPS) is 26.5. The second-order valence-corrected chi connectivity index (χ2v) is 6.36. The van der Waals surface area contributed by atoms with Gasteiger partial charge in [-0.15, -0.1) is 11.3 Å². The van der Waals surface area contributed by atoms with Crippen LogP contribution in [0.15, 0.2) is 6.20 Å². The summed E-state index contributed by atoms with van der Waals surface area (Å²) >= 11 is 1.81. The van der Waals surface area contributed by atoms with Crippen LogP contribution in [0.2, 0.25) is 0 Å². The van der Waals surface area contributed by atoms with Gasteiger partial charge in [0.05, 0.1) is 13.2 Å². The molecule has 0 radical (unpaired) electrons. The molecule has 0 aliphatic carbocycles. The Kier molecular flexibility index (Phi) is 3.82. The minimum Gasteiger partial charge on any atom is -0.379 e. The molecule has 2 aliphatic heterocycles. The van der Waals surface area contributed by atoms with Crippen molar-refractivity contribution in [2.24, 2.45) is 0 Å². The summed E-state index contributed by atoms with van der Waals surface area (Å²) in [5.74, 6) is 0. The Hall–Kier alpha value is -0.650. The van der Waals surface area contributed by atoms with E-state index in [4.69, 9.17) is 4.74 Å². The Morgan fingerprint density at radius 3 is 2.89 bits per heavy atom. The van der Waals surface area contributed by atoms with Gasteiger partial charge in [0.15, 0.2) is 5.13 Å². The molecule has 2 fully saturated rings. The lowest BCUT2D eigenvalue weighted by Crippen LogP contribution is -2.51. The number of nitrogens with zero attached hydrogens (tertiary/aromatic N) is 3. The van der Waals surface area contributed by atoms with Gasteiger partial charge in [0.2, 0.25) is 0 Å². The minimum atomic E-state index is 0.687. The van der Waals surface area contributed by atoms with Crippen LogP contribution in [0.1, 0.15) is 17.7 Å². The first-order valence-corrected chi connectivity index (χ1v) is 7.64. The number of hydrogen-bond donors (Lipinski definition) is 0. The van der Waals surface area contributed by atoms with Crippen molar-refractivity contribution in [3.63, 3.8) is 0 Å². The number of ether oxygens (including phenoxy) is 1. The maximum Gasteiger partial charge on any atom is 0.185 e. The van der Waals surface area contributed by atoms with Crippen molar-refractivity contribution in [2.75, 3.05) is 44.3 Å². The topological polar surface area (TPSA) is 28.6 Å². The fourth-order valence-corrected chi connectivity index (χ4v) is 3.65. The molecule has 0 saturated carbocycles. The fourth-order valence-electron chi connectivity index (χ4n) is 2.86. The minimum absolute atomic E-state index is 0.687. The number of piperidine rings is 1. The van der Waals surface area contributed by atoms with Crippen LogP contribution in [0.25, 0.3) is 0 Å². The molecule has 3 rings (SSSR count). The number of aromatic nitrogens is 1. The zero-order valence-corrected chi connectivity index (χ0v) is 11.8. The van der Waals surface area contributed by atoms with Gasteiger partial charge >= 0.3 is 0 Å². The summed E-state index contributed by atoms with van der Waals surface area (Å²) in [6.07, 6.45) is 4.58. The van der Waals surface area contributed by atoms with Gasteiger partial charge in [-0.05, 0) is 19.8 Å². The van der Waals surface area contributed by atoms with Crippen LogP contribution in [0.4, 0.5) is 5.13 Å². The monoisotopic (exact) mass is 267 g/mol. The number of aryl methyl sites for hydroxylation is 1. The zero-order chi connectivity index (χ0) is 12.4. The van der Waals surface area contributed by atoms with Gasteiger partial charge in [-0.2, -0.15) is 0 Å². The quantitative estimate of drug-likeness (QED) is 0.816. The van der Waals surface area contributed by atoms with E-state index in [1.807, 2.05) is 17.5 Å². The molecule has 2 saturated heterocycles. The van der Waals surface area contributed by atoms with Crippen molar-refractivity contribution in [2.45, 2.75) is 25.8 Å². The van der Waals surface area contributed by atoms with Crippen molar-refractivity contribution in [1.29, 1.82) is 0 Å². The molecule has 100 valence electrons. The Labute approximate surface area is 113 Å². The molecule has 5 heteroatoms. The predicted molar refractivity (Wildman–Crippen MR) is 74.5 cm³/mol. The highest BCUT2D eigenvalue weighted by Crippen LogP contribution is 2.26. The molecule has 1 atom stereocenters. The van der Waals surface area contributed by atoms with Gasteiger partial charge in [-0.1, -0.05) is 0 Å². The van der Waals surface area contributed by atoms with E-state index in [0.717, 1.165) is 39.4 Å². The molecule has 2 aliphatic rings. The van der Waals surface area contributed by atoms with Crippen LogP contribution >= 0.6 is 11.3 Å². The highest BCUT2D eigenvalue weighted by Gasteiger charge is 2.27. The van der Waals surface area contributed by atoms with Gasteiger partial charge in [0.25, 0.3) is 0 Å². The Morgan fingerprint density at radius 2 is 2.17 bits per heavy atom.